The van der Waals surface area contributed by atoms with Gasteiger partial charge in [0.05, 0.1) is 13.2 Å². The number of rotatable bonds is 6. The molecule has 3 heteroatoms. The van der Waals surface area contributed by atoms with Gasteiger partial charge >= 0.3 is 0 Å². The highest BCUT2D eigenvalue weighted by Gasteiger charge is 2.39. The standard InChI is InChI=1S/C17H32N2O/c1-3-7-15(8-4-1)18-11-17(13-20-14-17)12-19-16-9-5-2-6-10-16/h15-16,18-19H,1-14H2. The first-order chi connectivity index (χ1) is 9.86. The first kappa shape index (κ1) is 14.8. The third-order valence-electron chi connectivity index (χ3n) is 5.56. The Hall–Kier alpha value is -0.120. The van der Waals surface area contributed by atoms with Gasteiger partial charge in [-0.2, -0.15) is 0 Å². The van der Waals surface area contributed by atoms with Crippen molar-refractivity contribution in [2.24, 2.45) is 5.41 Å². The van der Waals surface area contributed by atoms with Gasteiger partial charge in [-0.3, -0.25) is 0 Å². The summed E-state index contributed by atoms with van der Waals surface area (Å²) in [5.41, 5.74) is 0.384. The summed E-state index contributed by atoms with van der Waals surface area (Å²) in [6, 6.07) is 1.55. The lowest BCUT2D eigenvalue weighted by molar-refractivity contribution is -0.111. The van der Waals surface area contributed by atoms with E-state index >= 15 is 0 Å². The predicted molar refractivity (Wildman–Crippen MR) is 83.0 cm³/mol. The third kappa shape index (κ3) is 3.96. The Balaban J connectivity index is 1.39. The Kier molecular flexibility index (Phi) is 5.36. The SMILES string of the molecule is C1CCC(NCC2(CNC3CCCCC3)COC2)CC1. The molecule has 2 saturated carbocycles. The monoisotopic (exact) mass is 280 g/mol. The average molecular weight is 280 g/mol. The number of nitrogens with one attached hydrogen (secondary N) is 2. The van der Waals surface area contributed by atoms with Crippen LogP contribution in [0.25, 0.3) is 0 Å². The molecule has 1 saturated heterocycles. The zero-order valence-electron chi connectivity index (χ0n) is 13.0. The van der Waals surface area contributed by atoms with E-state index in [9.17, 15) is 0 Å². The summed E-state index contributed by atoms with van der Waals surface area (Å²) >= 11 is 0. The van der Waals surface area contributed by atoms with Crippen molar-refractivity contribution >= 4 is 0 Å². The van der Waals surface area contributed by atoms with Gasteiger partial charge in [-0.1, -0.05) is 38.5 Å². The van der Waals surface area contributed by atoms with Gasteiger partial charge in [-0.25, -0.2) is 0 Å². The van der Waals surface area contributed by atoms with Crippen molar-refractivity contribution < 1.29 is 4.74 Å². The molecule has 20 heavy (non-hydrogen) atoms. The van der Waals surface area contributed by atoms with Gasteiger partial charge in [-0.15, -0.1) is 0 Å². The zero-order chi connectivity index (χ0) is 13.7. The van der Waals surface area contributed by atoms with Crippen LogP contribution < -0.4 is 10.6 Å². The Bertz CT molecular complexity index is 255. The largest absolute Gasteiger partial charge is 0.380 e. The normalized spacial score (nSPS) is 28.2. The molecule has 0 spiro atoms. The summed E-state index contributed by atoms with van der Waals surface area (Å²) in [5, 5.41) is 7.66. The van der Waals surface area contributed by atoms with Gasteiger partial charge in [0.1, 0.15) is 0 Å². The minimum Gasteiger partial charge on any atom is -0.380 e. The Labute approximate surface area is 124 Å². The molecule has 3 rings (SSSR count). The van der Waals surface area contributed by atoms with Crippen LogP contribution in [0.15, 0.2) is 0 Å². The molecule has 0 bridgehead atoms. The molecule has 116 valence electrons. The molecule has 3 nitrogen and oxygen atoms in total. The molecule has 0 aromatic rings. The maximum atomic E-state index is 5.54. The lowest BCUT2D eigenvalue weighted by Gasteiger charge is -2.44. The Morgan fingerprint density at radius 1 is 0.700 bits per heavy atom. The van der Waals surface area contributed by atoms with E-state index in [2.05, 4.69) is 10.6 Å². The van der Waals surface area contributed by atoms with Gasteiger partial charge in [0, 0.05) is 30.6 Å². The summed E-state index contributed by atoms with van der Waals surface area (Å²) in [7, 11) is 0. The second-order valence-corrected chi connectivity index (χ2v) is 7.42. The van der Waals surface area contributed by atoms with E-state index < -0.39 is 0 Å². The van der Waals surface area contributed by atoms with Crippen LogP contribution in [0, 0.1) is 5.41 Å². The molecule has 2 aliphatic carbocycles. The van der Waals surface area contributed by atoms with Gasteiger partial charge in [0.25, 0.3) is 0 Å². The van der Waals surface area contributed by atoms with Crippen molar-refractivity contribution in [2.45, 2.75) is 76.3 Å². The van der Waals surface area contributed by atoms with E-state index in [1.165, 1.54) is 64.2 Å². The molecule has 3 aliphatic rings. The number of hydrogen-bond acceptors (Lipinski definition) is 3. The molecule has 0 amide bonds. The summed E-state index contributed by atoms with van der Waals surface area (Å²) in [4.78, 5) is 0. The van der Waals surface area contributed by atoms with E-state index in [-0.39, 0.29) is 0 Å². The number of ether oxygens (including phenoxy) is 1. The zero-order valence-corrected chi connectivity index (χ0v) is 13.0. The van der Waals surface area contributed by atoms with Crippen LogP contribution in [0.3, 0.4) is 0 Å². The highest BCUT2D eigenvalue weighted by Crippen LogP contribution is 2.28. The van der Waals surface area contributed by atoms with Gasteiger partial charge < -0.3 is 15.4 Å². The maximum absolute atomic E-state index is 5.54. The first-order valence-electron chi connectivity index (χ1n) is 8.91. The van der Waals surface area contributed by atoms with Crippen molar-refractivity contribution in [3.8, 4) is 0 Å². The number of hydrogen-bond donors (Lipinski definition) is 2. The fraction of sp³-hybridized carbons (Fsp3) is 1.00. The topological polar surface area (TPSA) is 33.3 Å². The van der Waals surface area contributed by atoms with Crippen LogP contribution in [0.4, 0.5) is 0 Å². The maximum Gasteiger partial charge on any atom is 0.0569 e. The van der Waals surface area contributed by atoms with Crippen molar-refractivity contribution in [2.75, 3.05) is 26.3 Å². The van der Waals surface area contributed by atoms with Crippen LogP contribution in [0.2, 0.25) is 0 Å². The molecule has 0 aromatic heterocycles. The van der Waals surface area contributed by atoms with E-state index in [1.54, 1.807) is 0 Å². The van der Waals surface area contributed by atoms with Crippen LogP contribution in [0.5, 0.6) is 0 Å². The predicted octanol–water partition coefficient (Wildman–Crippen LogP) is 2.85. The summed E-state index contributed by atoms with van der Waals surface area (Å²) in [5.74, 6) is 0. The van der Waals surface area contributed by atoms with Crippen LogP contribution >= 0.6 is 0 Å². The Morgan fingerprint density at radius 2 is 1.15 bits per heavy atom. The molecular weight excluding hydrogens is 248 g/mol. The fourth-order valence-electron chi connectivity index (χ4n) is 3.99. The minimum atomic E-state index is 0.384. The van der Waals surface area contributed by atoms with E-state index in [4.69, 9.17) is 4.74 Å². The highest BCUT2D eigenvalue weighted by atomic mass is 16.5. The van der Waals surface area contributed by atoms with E-state index in [0.29, 0.717) is 5.41 Å². The Morgan fingerprint density at radius 3 is 1.50 bits per heavy atom. The van der Waals surface area contributed by atoms with Gasteiger partial charge in [0.15, 0.2) is 0 Å². The minimum absolute atomic E-state index is 0.384. The molecule has 3 fully saturated rings. The summed E-state index contributed by atoms with van der Waals surface area (Å²) in [6.07, 6.45) is 14.1. The third-order valence-corrected chi connectivity index (χ3v) is 5.56. The van der Waals surface area contributed by atoms with Crippen molar-refractivity contribution in [1.29, 1.82) is 0 Å². The summed E-state index contributed by atoms with van der Waals surface area (Å²) < 4.78 is 5.54. The van der Waals surface area contributed by atoms with E-state index in [0.717, 1.165) is 38.4 Å². The highest BCUT2D eigenvalue weighted by molar-refractivity contribution is 4.92. The molecule has 0 unspecified atom stereocenters. The van der Waals surface area contributed by atoms with Crippen molar-refractivity contribution in [3.63, 3.8) is 0 Å². The molecule has 0 atom stereocenters. The van der Waals surface area contributed by atoms with E-state index in [1.807, 2.05) is 0 Å². The average Bonchev–Trinajstić information content (AvgIpc) is 2.48. The van der Waals surface area contributed by atoms with Gasteiger partial charge in [-0.05, 0) is 25.7 Å². The second-order valence-electron chi connectivity index (χ2n) is 7.42. The van der Waals surface area contributed by atoms with Crippen LogP contribution in [-0.4, -0.2) is 38.4 Å². The van der Waals surface area contributed by atoms with Crippen LogP contribution in [-0.2, 0) is 4.74 Å². The van der Waals surface area contributed by atoms with Crippen molar-refractivity contribution in [3.05, 3.63) is 0 Å². The van der Waals surface area contributed by atoms with Crippen molar-refractivity contribution in [1.82, 2.24) is 10.6 Å². The smallest absolute Gasteiger partial charge is 0.0569 e. The summed E-state index contributed by atoms with van der Waals surface area (Å²) in [6.45, 7) is 4.20. The lowest BCUT2D eigenvalue weighted by Crippen LogP contribution is -2.58. The quantitative estimate of drug-likeness (QED) is 0.785. The lowest BCUT2D eigenvalue weighted by atomic mass is 9.83. The van der Waals surface area contributed by atoms with Crippen LogP contribution in [0.1, 0.15) is 64.2 Å². The molecule has 2 N–H and O–H groups in total. The second kappa shape index (κ2) is 7.24. The molecule has 0 aromatic carbocycles. The molecule has 1 aliphatic heterocycles. The molecular formula is C17H32N2O. The molecule has 0 radical (unpaired) electrons. The molecule has 1 heterocycles. The first-order valence-corrected chi connectivity index (χ1v) is 8.91. The fourth-order valence-corrected chi connectivity index (χ4v) is 3.99. The van der Waals surface area contributed by atoms with Gasteiger partial charge in [0.2, 0.25) is 0 Å².